The Morgan fingerprint density at radius 2 is 1.72 bits per heavy atom. The number of carbonyl (C=O) groups excluding carboxylic acids is 2. The van der Waals surface area contributed by atoms with Crippen molar-refractivity contribution >= 4 is 17.5 Å². The highest BCUT2D eigenvalue weighted by Crippen LogP contribution is 2.26. The van der Waals surface area contributed by atoms with Crippen LogP contribution in [0, 0.1) is 12.7 Å². The molecule has 25 heavy (non-hydrogen) atoms. The van der Waals surface area contributed by atoms with Crippen LogP contribution in [0.2, 0.25) is 0 Å². The van der Waals surface area contributed by atoms with Gasteiger partial charge in [-0.15, -0.1) is 0 Å². The zero-order valence-corrected chi connectivity index (χ0v) is 14.4. The van der Waals surface area contributed by atoms with Crippen LogP contribution >= 0.6 is 0 Å². The quantitative estimate of drug-likeness (QED) is 0.820. The Bertz CT molecular complexity index is 762. The first-order valence-corrected chi connectivity index (χ1v) is 7.82. The predicted molar refractivity (Wildman–Crippen MR) is 93.6 cm³/mol. The summed E-state index contributed by atoms with van der Waals surface area (Å²) in [6.07, 6.45) is 0. The highest BCUT2D eigenvalue weighted by Gasteiger charge is 2.30. The minimum absolute atomic E-state index is 0.0510. The average Bonchev–Trinajstić information content (AvgIpc) is 2.61. The molecule has 2 rings (SSSR count). The lowest BCUT2D eigenvalue weighted by atomic mass is 9.95. The molecule has 0 aliphatic heterocycles. The number of anilines is 1. The van der Waals surface area contributed by atoms with Gasteiger partial charge in [-0.2, -0.15) is 0 Å². The maximum absolute atomic E-state index is 14.0. The summed E-state index contributed by atoms with van der Waals surface area (Å²) < 4.78 is 19.4. The normalized spacial score (nSPS) is 13.0. The molecular formula is C19H21FN2O3. The summed E-state index contributed by atoms with van der Waals surface area (Å²) in [5.74, 6) is -2.05. The standard InChI is InChI=1S/C19H21FN2O3/c1-13-8-10-14(11-9-13)22-18(24)17(23)21-12-19(2,25-3)15-6-4-5-7-16(15)20/h4-11H,12H2,1-3H3,(H,21,23)(H,22,24). The summed E-state index contributed by atoms with van der Waals surface area (Å²) in [4.78, 5) is 24.0. The van der Waals surface area contributed by atoms with Crippen LogP contribution in [0.25, 0.3) is 0 Å². The van der Waals surface area contributed by atoms with Gasteiger partial charge in [-0.25, -0.2) is 4.39 Å². The van der Waals surface area contributed by atoms with Crippen LogP contribution in [0.4, 0.5) is 10.1 Å². The van der Waals surface area contributed by atoms with Crippen molar-refractivity contribution in [2.24, 2.45) is 0 Å². The maximum atomic E-state index is 14.0. The minimum Gasteiger partial charge on any atom is -0.372 e. The van der Waals surface area contributed by atoms with Gasteiger partial charge in [-0.3, -0.25) is 9.59 Å². The van der Waals surface area contributed by atoms with E-state index >= 15 is 0 Å². The van der Waals surface area contributed by atoms with Gasteiger partial charge in [0, 0.05) is 18.4 Å². The van der Waals surface area contributed by atoms with E-state index in [0.29, 0.717) is 11.3 Å². The van der Waals surface area contributed by atoms with Crippen LogP contribution in [0.3, 0.4) is 0 Å². The topological polar surface area (TPSA) is 67.4 Å². The average molecular weight is 344 g/mol. The van der Waals surface area contributed by atoms with E-state index in [9.17, 15) is 14.0 Å². The van der Waals surface area contributed by atoms with E-state index in [-0.39, 0.29) is 6.54 Å². The highest BCUT2D eigenvalue weighted by atomic mass is 19.1. The van der Waals surface area contributed by atoms with Crippen molar-refractivity contribution in [3.05, 3.63) is 65.5 Å². The van der Waals surface area contributed by atoms with Crippen LogP contribution in [-0.2, 0) is 19.9 Å². The number of halogens is 1. The molecule has 0 saturated carbocycles. The molecule has 0 radical (unpaired) electrons. The Labute approximate surface area is 146 Å². The summed E-state index contributed by atoms with van der Waals surface area (Å²) in [5.41, 5.74) is 0.778. The first-order chi connectivity index (χ1) is 11.9. The van der Waals surface area contributed by atoms with Crippen LogP contribution in [0.15, 0.2) is 48.5 Å². The van der Waals surface area contributed by atoms with Crippen molar-refractivity contribution in [3.63, 3.8) is 0 Å². The number of hydrogen-bond donors (Lipinski definition) is 2. The molecule has 0 fully saturated rings. The van der Waals surface area contributed by atoms with Gasteiger partial charge in [0.15, 0.2) is 0 Å². The SMILES string of the molecule is COC(C)(CNC(=O)C(=O)Nc1ccc(C)cc1)c1ccccc1F. The van der Waals surface area contributed by atoms with E-state index in [4.69, 9.17) is 4.74 Å². The van der Waals surface area contributed by atoms with Gasteiger partial charge in [0.2, 0.25) is 0 Å². The van der Waals surface area contributed by atoms with E-state index in [0.717, 1.165) is 5.56 Å². The van der Waals surface area contributed by atoms with Crippen molar-refractivity contribution in [1.82, 2.24) is 5.32 Å². The molecule has 132 valence electrons. The van der Waals surface area contributed by atoms with E-state index in [1.807, 2.05) is 19.1 Å². The molecule has 2 amide bonds. The van der Waals surface area contributed by atoms with Gasteiger partial charge in [0.05, 0.1) is 6.54 Å². The van der Waals surface area contributed by atoms with Gasteiger partial charge in [0.1, 0.15) is 11.4 Å². The third kappa shape index (κ3) is 4.64. The second-order valence-corrected chi connectivity index (χ2v) is 5.92. The Hall–Kier alpha value is -2.73. The number of nitrogens with one attached hydrogen (secondary N) is 2. The summed E-state index contributed by atoms with van der Waals surface area (Å²) in [6, 6.07) is 13.2. The molecule has 0 aliphatic carbocycles. The van der Waals surface area contributed by atoms with Crippen LogP contribution < -0.4 is 10.6 Å². The lowest BCUT2D eigenvalue weighted by Crippen LogP contribution is -2.44. The molecule has 0 aromatic heterocycles. The number of ether oxygens (including phenoxy) is 1. The zero-order valence-electron chi connectivity index (χ0n) is 14.4. The molecule has 0 saturated heterocycles. The van der Waals surface area contributed by atoms with Gasteiger partial charge in [-0.05, 0) is 32.0 Å². The Morgan fingerprint density at radius 1 is 1.08 bits per heavy atom. The number of benzene rings is 2. The summed E-state index contributed by atoms with van der Waals surface area (Å²) in [6.45, 7) is 3.51. The van der Waals surface area contributed by atoms with Gasteiger partial charge in [0.25, 0.3) is 0 Å². The summed E-state index contributed by atoms with van der Waals surface area (Å²) in [5, 5.41) is 5.00. The molecule has 2 aromatic rings. The monoisotopic (exact) mass is 344 g/mol. The Morgan fingerprint density at radius 3 is 2.32 bits per heavy atom. The maximum Gasteiger partial charge on any atom is 0.313 e. The summed E-state index contributed by atoms with van der Waals surface area (Å²) in [7, 11) is 1.42. The van der Waals surface area contributed by atoms with E-state index in [1.165, 1.54) is 13.2 Å². The molecule has 2 N–H and O–H groups in total. The Balaban J connectivity index is 2.00. The van der Waals surface area contributed by atoms with Crippen molar-refractivity contribution in [3.8, 4) is 0 Å². The zero-order chi connectivity index (χ0) is 18.4. The van der Waals surface area contributed by atoms with E-state index < -0.39 is 23.2 Å². The number of aryl methyl sites for hydroxylation is 1. The fourth-order valence-corrected chi connectivity index (χ4v) is 2.32. The molecule has 1 atom stereocenters. The van der Waals surface area contributed by atoms with E-state index in [1.54, 1.807) is 37.3 Å². The minimum atomic E-state index is -1.09. The number of carbonyl (C=O) groups is 2. The van der Waals surface area contributed by atoms with Crippen molar-refractivity contribution < 1.29 is 18.7 Å². The van der Waals surface area contributed by atoms with Crippen molar-refractivity contribution in [2.75, 3.05) is 19.0 Å². The molecule has 5 nitrogen and oxygen atoms in total. The molecule has 2 aromatic carbocycles. The molecule has 6 heteroatoms. The molecule has 0 aliphatic rings. The van der Waals surface area contributed by atoms with Gasteiger partial charge < -0.3 is 15.4 Å². The van der Waals surface area contributed by atoms with Crippen molar-refractivity contribution in [1.29, 1.82) is 0 Å². The fourth-order valence-electron chi connectivity index (χ4n) is 2.32. The number of rotatable bonds is 5. The Kier molecular flexibility index (Phi) is 5.88. The highest BCUT2D eigenvalue weighted by molar-refractivity contribution is 6.39. The lowest BCUT2D eigenvalue weighted by molar-refractivity contribution is -0.137. The van der Waals surface area contributed by atoms with Gasteiger partial charge >= 0.3 is 11.8 Å². The van der Waals surface area contributed by atoms with E-state index in [2.05, 4.69) is 10.6 Å². The molecule has 0 bridgehead atoms. The first kappa shape index (κ1) is 18.6. The second kappa shape index (κ2) is 7.90. The molecule has 0 spiro atoms. The third-order valence-corrected chi connectivity index (χ3v) is 4.00. The number of amides is 2. The van der Waals surface area contributed by atoms with Gasteiger partial charge in [-0.1, -0.05) is 35.9 Å². The van der Waals surface area contributed by atoms with Crippen LogP contribution in [0.5, 0.6) is 0 Å². The molecule has 1 unspecified atom stereocenters. The van der Waals surface area contributed by atoms with Crippen molar-refractivity contribution in [2.45, 2.75) is 19.4 Å². The first-order valence-electron chi connectivity index (χ1n) is 7.82. The lowest BCUT2D eigenvalue weighted by Gasteiger charge is -2.29. The van der Waals surface area contributed by atoms with Crippen LogP contribution in [-0.4, -0.2) is 25.5 Å². The predicted octanol–water partition coefficient (Wildman–Crippen LogP) is 2.75. The third-order valence-electron chi connectivity index (χ3n) is 4.00. The fraction of sp³-hybridized carbons (Fsp3) is 0.263. The molecular weight excluding hydrogens is 323 g/mol. The second-order valence-electron chi connectivity index (χ2n) is 5.92. The summed E-state index contributed by atoms with van der Waals surface area (Å²) >= 11 is 0. The smallest absolute Gasteiger partial charge is 0.313 e. The molecule has 0 heterocycles. The largest absolute Gasteiger partial charge is 0.372 e. The van der Waals surface area contributed by atoms with Crippen LogP contribution in [0.1, 0.15) is 18.1 Å². The number of hydrogen-bond acceptors (Lipinski definition) is 3. The number of methoxy groups -OCH3 is 1.